The van der Waals surface area contributed by atoms with Crippen molar-refractivity contribution in [3.8, 4) is 0 Å². The molecule has 1 aliphatic rings. The molecule has 0 aromatic heterocycles. The van der Waals surface area contributed by atoms with Crippen LogP contribution in [0.5, 0.6) is 0 Å². The molecule has 0 radical (unpaired) electrons. The van der Waals surface area contributed by atoms with E-state index in [-0.39, 0.29) is 0 Å². The molecule has 19 heavy (non-hydrogen) atoms. The van der Waals surface area contributed by atoms with Gasteiger partial charge in [-0.2, -0.15) is 0 Å². The predicted octanol–water partition coefficient (Wildman–Crippen LogP) is 0.853. The molecule has 0 unspecified atom stereocenters. The number of nitrogens with two attached hydrogens (primary N) is 1. The predicted molar refractivity (Wildman–Crippen MR) is 76.7 cm³/mol. The molecular weight excluding hydrogens is 242 g/mol. The monoisotopic (exact) mass is 265 g/mol. The number of nitrogen functional groups attached to an aromatic ring is 1. The van der Waals surface area contributed by atoms with Gasteiger partial charge < -0.3 is 15.8 Å². The third-order valence-electron chi connectivity index (χ3n) is 2.83. The van der Waals surface area contributed by atoms with Gasteiger partial charge in [0.15, 0.2) is 0 Å². The average molecular weight is 265 g/mol. The van der Waals surface area contributed by atoms with Gasteiger partial charge in [-0.1, -0.05) is 12.1 Å². The maximum absolute atomic E-state index is 9.18. The van der Waals surface area contributed by atoms with Crippen LogP contribution in [0.25, 0.3) is 0 Å². The van der Waals surface area contributed by atoms with Gasteiger partial charge in [0.05, 0.1) is 6.61 Å². The van der Waals surface area contributed by atoms with Gasteiger partial charge in [-0.3, -0.25) is 9.69 Å². The lowest BCUT2D eigenvalue weighted by atomic mass is 10.2. The number of nitrogens with zero attached hydrogens (tertiary/aromatic N) is 1. The van der Waals surface area contributed by atoms with E-state index >= 15 is 0 Å². The molecular formula is C14H23N3O2. The summed E-state index contributed by atoms with van der Waals surface area (Å²) in [6.45, 7) is 8.21. The minimum atomic E-state index is 0.431. The first kappa shape index (κ1) is 15.5. The Balaban J connectivity index is 0.000000312. The number of piperazine rings is 1. The van der Waals surface area contributed by atoms with Crippen LogP contribution in [0.3, 0.4) is 0 Å². The van der Waals surface area contributed by atoms with E-state index in [2.05, 4.69) is 27.1 Å². The summed E-state index contributed by atoms with van der Waals surface area (Å²) in [7, 11) is 0. The molecule has 1 heterocycles. The number of rotatable bonds is 4. The Hall–Kier alpha value is -1.59. The highest BCUT2D eigenvalue weighted by Crippen LogP contribution is 2.08. The fourth-order valence-corrected chi connectivity index (χ4v) is 1.82. The molecule has 0 spiro atoms. The van der Waals surface area contributed by atoms with Gasteiger partial charge in [0.1, 0.15) is 0 Å². The smallest absolute Gasteiger partial charge is 0.293 e. The Morgan fingerprint density at radius 1 is 1.32 bits per heavy atom. The summed E-state index contributed by atoms with van der Waals surface area (Å²) in [6, 6.07) is 8.16. The number of anilines is 1. The summed E-state index contributed by atoms with van der Waals surface area (Å²) >= 11 is 0. The van der Waals surface area contributed by atoms with E-state index in [0.29, 0.717) is 13.1 Å². The van der Waals surface area contributed by atoms with Gasteiger partial charge in [0.2, 0.25) is 0 Å². The third kappa shape index (κ3) is 6.79. The van der Waals surface area contributed by atoms with Crippen LogP contribution in [0.15, 0.2) is 24.3 Å². The molecule has 1 aromatic rings. The SMILES string of the molecule is CCOC=O.Nc1ccc(CN2CCNCC2)cc1. The highest BCUT2D eigenvalue weighted by Gasteiger charge is 2.09. The first-order valence-electron chi connectivity index (χ1n) is 6.59. The van der Waals surface area contributed by atoms with Crippen LogP contribution < -0.4 is 11.1 Å². The van der Waals surface area contributed by atoms with E-state index < -0.39 is 0 Å². The van der Waals surface area contributed by atoms with Crippen molar-refractivity contribution < 1.29 is 9.53 Å². The number of hydrogen-bond acceptors (Lipinski definition) is 5. The van der Waals surface area contributed by atoms with E-state index in [4.69, 9.17) is 5.73 Å². The van der Waals surface area contributed by atoms with Gasteiger partial charge in [-0.15, -0.1) is 0 Å². The minimum Gasteiger partial charge on any atom is -0.468 e. The normalized spacial score (nSPS) is 15.2. The molecule has 3 N–H and O–H groups in total. The van der Waals surface area contributed by atoms with Crippen molar-refractivity contribution in [3.05, 3.63) is 29.8 Å². The van der Waals surface area contributed by atoms with Gasteiger partial charge in [0, 0.05) is 38.4 Å². The number of carbonyl (C=O) groups excluding carboxylic acids is 1. The highest BCUT2D eigenvalue weighted by molar-refractivity contribution is 5.39. The quantitative estimate of drug-likeness (QED) is 0.624. The Kier molecular flexibility index (Phi) is 7.62. The van der Waals surface area contributed by atoms with Crippen LogP contribution in [0.1, 0.15) is 12.5 Å². The first-order chi connectivity index (χ1) is 9.26. The molecule has 106 valence electrons. The molecule has 0 aliphatic carbocycles. The zero-order chi connectivity index (χ0) is 13.9. The largest absolute Gasteiger partial charge is 0.468 e. The molecule has 1 aromatic carbocycles. The molecule has 0 amide bonds. The van der Waals surface area contributed by atoms with Crippen LogP contribution in [0.4, 0.5) is 5.69 Å². The Morgan fingerprint density at radius 3 is 2.42 bits per heavy atom. The zero-order valence-corrected chi connectivity index (χ0v) is 11.5. The molecule has 2 rings (SSSR count). The van der Waals surface area contributed by atoms with Crippen molar-refractivity contribution >= 4 is 12.2 Å². The summed E-state index contributed by atoms with van der Waals surface area (Å²) in [6.07, 6.45) is 0. The fourth-order valence-electron chi connectivity index (χ4n) is 1.82. The second kappa shape index (κ2) is 9.35. The number of benzene rings is 1. The van der Waals surface area contributed by atoms with Crippen molar-refractivity contribution in [2.75, 3.05) is 38.5 Å². The van der Waals surface area contributed by atoms with Crippen LogP contribution in [0.2, 0.25) is 0 Å². The van der Waals surface area contributed by atoms with Crippen LogP contribution in [-0.2, 0) is 16.1 Å². The summed E-state index contributed by atoms with van der Waals surface area (Å²) in [5, 5.41) is 3.35. The summed E-state index contributed by atoms with van der Waals surface area (Å²) in [4.78, 5) is 11.6. The van der Waals surface area contributed by atoms with Crippen molar-refractivity contribution in [1.29, 1.82) is 0 Å². The number of ether oxygens (including phenoxy) is 1. The first-order valence-corrected chi connectivity index (χ1v) is 6.59. The molecule has 1 saturated heterocycles. The highest BCUT2D eigenvalue weighted by atomic mass is 16.5. The summed E-state index contributed by atoms with van der Waals surface area (Å²) in [5.74, 6) is 0. The molecule has 0 atom stereocenters. The molecule has 1 aliphatic heterocycles. The lowest BCUT2D eigenvalue weighted by Crippen LogP contribution is -2.42. The lowest BCUT2D eigenvalue weighted by molar-refractivity contribution is -0.128. The Bertz CT molecular complexity index is 348. The molecule has 0 saturated carbocycles. The Morgan fingerprint density at radius 2 is 1.95 bits per heavy atom. The second-order valence-electron chi connectivity index (χ2n) is 4.32. The second-order valence-corrected chi connectivity index (χ2v) is 4.32. The number of hydrogen-bond donors (Lipinski definition) is 2. The number of nitrogens with one attached hydrogen (secondary N) is 1. The van der Waals surface area contributed by atoms with Crippen LogP contribution in [-0.4, -0.2) is 44.2 Å². The molecule has 0 bridgehead atoms. The van der Waals surface area contributed by atoms with Crippen molar-refractivity contribution in [3.63, 3.8) is 0 Å². The van der Waals surface area contributed by atoms with Gasteiger partial charge >= 0.3 is 0 Å². The summed E-state index contributed by atoms with van der Waals surface area (Å²) in [5.41, 5.74) is 7.83. The maximum Gasteiger partial charge on any atom is 0.293 e. The van der Waals surface area contributed by atoms with E-state index in [1.165, 1.54) is 5.56 Å². The third-order valence-corrected chi connectivity index (χ3v) is 2.83. The molecule has 5 nitrogen and oxygen atoms in total. The lowest BCUT2D eigenvalue weighted by Gasteiger charge is -2.27. The fraction of sp³-hybridized carbons (Fsp3) is 0.500. The van der Waals surface area contributed by atoms with Gasteiger partial charge in [-0.05, 0) is 24.6 Å². The van der Waals surface area contributed by atoms with Crippen molar-refractivity contribution in [2.45, 2.75) is 13.5 Å². The molecule has 5 heteroatoms. The van der Waals surface area contributed by atoms with E-state index in [9.17, 15) is 4.79 Å². The number of carbonyl (C=O) groups is 1. The Labute approximate surface area is 114 Å². The zero-order valence-electron chi connectivity index (χ0n) is 11.5. The van der Waals surface area contributed by atoms with E-state index in [0.717, 1.165) is 38.4 Å². The van der Waals surface area contributed by atoms with Gasteiger partial charge in [0.25, 0.3) is 6.47 Å². The molecule has 1 fully saturated rings. The van der Waals surface area contributed by atoms with E-state index in [1.54, 1.807) is 6.92 Å². The van der Waals surface area contributed by atoms with Crippen molar-refractivity contribution in [2.24, 2.45) is 0 Å². The summed E-state index contributed by atoms with van der Waals surface area (Å²) < 4.78 is 4.15. The van der Waals surface area contributed by atoms with Crippen molar-refractivity contribution in [1.82, 2.24) is 10.2 Å². The van der Waals surface area contributed by atoms with Gasteiger partial charge in [-0.25, -0.2) is 0 Å². The topological polar surface area (TPSA) is 67.6 Å². The average Bonchev–Trinajstić information content (AvgIpc) is 2.44. The van der Waals surface area contributed by atoms with Crippen LogP contribution in [0, 0.1) is 0 Å². The van der Waals surface area contributed by atoms with Crippen LogP contribution >= 0.6 is 0 Å². The maximum atomic E-state index is 9.18. The van der Waals surface area contributed by atoms with E-state index in [1.807, 2.05) is 12.1 Å². The minimum absolute atomic E-state index is 0.431. The standard InChI is InChI=1S/C11H17N3.C3H6O2/c12-11-3-1-10(2-4-11)9-14-7-5-13-6-8-14;1-2-5-3-4/h1-4,13H,5-9,12H2;3H,2H2,1H3.